The summed E-state index contributed by atoms with van der Waals surface area (Å²) in [5.74, 6) is 0.713. The number of likely N-dealkylation sites (N-methyl/N-ethyl adjacent to an activating group) is 1. The van der Waals surface area contributed by atoms with Crippen LogP contribution in [-0.4, -0.2) is 56.3 Å². The molecule has 0 amide bonds. The summed E-state index contributed by atoms with van der Waals surface area (Å²) in [5, 5.41) is 6.53. The molecule has 0 heterocycles. The van der Waals surface area contributed by atoms with Crippen LogP contribution in [0.25, 0.3) is 0 Å². The normalized spacial score (nSPS) is 18.1. The van der Waals surface area contributed by atoms with Gasteiger partial charge < -0.3 is 10.6 Å². The van der Waals surface area contributed by atoms with Crippen molar-refractivity contribution in [2.75, 3.05) is 33.2 Å². The highest BCUT2D eigenvalue weighted by Gasteiger charge is 2.28. The Kier molecular flexibility index (Phi) is 7.85. The zero-order valence-electron chi connectivity index (χ0n) is 13.0. The summed E-state index contributed by atoms with van der Waals surface area (Å²) >= 11 is 0. The molecule has 0 spiro atoms. The van der Waals surface area contributed by atoms with E-state index >= 15 is 0 Å². The van der Waals surface area contributed by atoms with Crippen molar-refractivity contribution in [1.82, 2.24) is 15.5 Å². The molecule has 0 saturated heterocycles. The van der Waals surface area contributed by atoms with Crippen molar-refractivity contribution in [3.8, 4) is 0 Å². The van der Waals surface area contributed by atoms with Crippen molar-refractivity contribution in [3.63, 3.8) is 0 Å². The fourth-order valence-corrected chi connectivity index (χ4v) is 2.48. The first-order valence-corrected chi connectivity index (χ1v) is 7.71. The van der Waals surface area contributed by atoms with E-state index in [4.69, 9.17) is 0 Å². The van der Waals surface area contributed by atoms with Crippen molar-refractivity contribution in [1.29, 1.82) is 0 Å². The lowest BCUT2D eigenvalue weighted by molar-refractivity contribution is -0.142. The summed E-state index contributed by atoms with van der Waals surface area (Å²) < 4.78 is 36.7. The number of rotatable bonds is 6. The van der Waals surface area contributed by atoms with Crippen LogP contribution in [0, 0.1) is 0 Å². The highest BCUT2D eigenvalue weighted by molar-refractivity contribution is 5.80. The highest BCUT2D eigenvalue weighted by Crippen LogP contribution is 2.17. The summed E-state index contributed by atoms with van der Waals surface area (Å²) in [5.41, 5.74) is 0. The molecule has 0 unspecified atom stereocenters. The summed E-state index contributed by atoms with van der Waals surface area (Å²) in [4.78, 5) is 5.61. The summed E-state index contributed by atoms with van der Waals surface area (Å²) in [6.45, 7) is 2.48. The average Bonchev–Trinajstić information content (AvgIpc) is 2.38. The predicted octanol–water partition coefficient (Wildman–Crippen LogP) is 2.37. The largest absolute Gasteiger partial charge is 0.401 e. The van der Waals surface area contributed by atoms with Gasteiger partial charge in [0.2, 0.25) is 0 Å². The maximum atomic E-state index is 12.2. The lowest BCUT2D eigenvalue weighted by Crippen LogP contribution is -2.44. The quantitative estimate of drug-likeness (QED) is 0.584. The molecule has 1 aliphatic carbocycles. The predicted molar refractivity (Wildman–Crippen MR) is 79.5 cm³/mol. The van der Waals surface area contributed by atoms with Gasteiger partial charge in [-0.25, -0.2) is 0 Å². The second-order valence-electron chi connectivity index (χ2n) is 5.59. The molecule has 1 saturated carbocycles. The maximum Gasteiger partial charge on any atom is 0.401 e. The van der Waals surface area contributed by atoms with Crippen LogP contribution in [0.3, 0.4) is 0 Å². The van der Waals surface area contributed by atoms with Crippen LogP contribution in [0.1, 0.15) is 39.0 Å². The smallest absolute Gasteiger partial charge is 0.357 e. The minimum absolute atomic E-state index is 0.292. The topological polar surface area (TPSA) is 39.7 Å². The van der Waals surface area contributed by atoms with Gasteiger partial charge >= 0.3 is 6.18 Å². The van der Waals surface area contributed by atoms with Gasteiger partial charge in [0.05, 0.1) is 13.1 Å². The molecule has 4 nitrogen and oxygen atoms in total. The second kappa shape index (κ2) is 9.12. The molecule has 21 heavy (non-hydrogen) atoms. The molecule has 7 heteroatoms. The van der Waals surface area contributed by atoms with Gasteiger partial charge in [0.1, 0.15) is 0 Å². The van der Waals surface area contributed by atoms with Gasteiger partial charge in [0.25, 0.3) is 0 Å². The fraction of sp³-hybridized carbons (Fsp3) is 0.929. The van der Waals surface area contributed by atoms with Crippen LogP contribution in [-0.2, 0) is 0 Å². The summed E-state index contributed by atoms with van der Waals surface area (Å²) in [6, 6.07) is 0.435. The second-order valence-corrected chi connectivity index (χ2v) is 5.59. The van der Waals surface area contributed by atoms with Gasteiger partial charge in [0.15, 0.2) is 5.96 Å². The number of guanidine groups is 1. The molecule has 2 N–H and O–H groups in total. The van der Waals surface area contributed by atoms with E-state index in [1.54, 1.807) is 0 Å². The number of aliphatic imine (C=N–C) groups is 1. The standard InChI is InChI=1S/C14H27F3N4/c1-3-18-13(20-12-7-5-4-6-8-12)19-9-10-21(2)11-14(15,16)17/h12H,3-11H2,1-2H3,(H2,18,19,20). The molecule has 0 aromatic rings. The number of halogens is 3. The summed E-state index contributed by atoms with van der Waals surface area (Å²) in [6.07, 6.45) is 1.87. The highest BCUT2D eigenvalue weighted by atomic mass is 19.4. The fourth-order valence-electron chi connectivity index (χ4n) is 2.48. The third-order valence-electron chi connectivity index (χ3n) is 3.49. The molecule has 1 aliphatic rings. The molecule has 124 valence electrons. The Morgan fingerprint density at radius 1 is 1.24 bits per heavy atom. The van der Waals surface area contributed by atoms with Crippen LogP contribution >= 0.6 is 0 Å². The van der Waals surface area contributed by atoms with E-state index in [9.17, 15) is 13.2 Å². The lowest BCUT2D eigenvalue weighted by Gasteiger charge is -2.25. The van der Waals surface area contributed by atoms with Crippen LogP contribution in [0.4, 0.5) is 13.2 Å². The van der Waals surface area contributed by atoms with E-state index in [-0.39, 0.29) is 0 Å². The molecule has 1 rings (SSSR count). The molecule has 0 bridgehead atoms. The van der Waals surface area contributed by atoms with E-state index < -0.39 is 12.7 Å². The molecule has 0 aromatic carbocycles. The van der Waals surface area contributed by atoms with E-state index in [1.807, 2.05) is 6.92 Å². The van der Waals surface area contributed by atoms with Crippen molar-refractivity contribution >= 4 is 5.96 Å². The third-order valence-corrected chi connectivity index (χ3v) is 3.49. The SMILES string of the molecule is CCNC(=NCCN(C)CC(F)(F)F)NC1CCCCC1. The zero-order valence-corrected chi connectivity index (χ0v) is 13.0. The van der Waals surface area contributed by atoms with E-state index in [2.05, 4.69) is 15.6 Å². The molecule has 0 aliphatic heterocycles. The first-order chi connectivity index (χ1) is 9.90. The van der Waals surface area contributed by atoms with Gasteiger partial charge in [-0.15, -0.1) is 0 Å². The Morgan fingerprint density at radius 3 is 2.48 bits per heavy atom. The van der Waals surface area contributed by atoms with E-state index in [1.165, 1.54) is 31.2 Å². The van der Waals surface area contributed by atoms with Gasteiger partial charge in [-0.3, -0.25) is 9.89 Å². The van der Waals surface area contributed by atoms with E-state index in [0.29, 0.717) is 25.1 Å². The molecule has 1 fully saturated rings. The van der Waals surface area contributed by atoms with Crippen LogP contribution < -0.4 is 10.6 Å². The number of hydrogen-bond acceptors (Lipinski definition) is 2. The number of hydrogen-bond donors (Lipinski definition) is 2. The zero-order chi connectivity index (χ0) is 15.7. The molecular weight excluding hydrogens is 281 g/mol. The van der Waals surface area contributed by atoms with Crippen molar-refractivity contribution < 1.29 is 13.2 Å². The van der Waals surface area contributed by atoms with Gasteiger partial charge in [-0.2, -0.15) is 13.2 Å². The average molecular weight is 308 g/mol. The minimum Gasteiger partial charge on any atom is -0.357 e. The first kappa shape index (κ1) is 18.1. The van der Waals surface area contributed by atoms with Crippen molar-refractivity contribution in [2.45, 2.75) is 51.2 Å². The molecule has 0 radical (unpaired) electrons. The Balaban J connectivity index is 2.36. The van der Waals surface area contributed by atoms with E-state index in [0.717, 1.165) is 19.4 Å². The Hall–Kier alpha value is -0.980. The first-order valence-electron chi connectivity index (χ1n) is 7.71. The third kappa shape index (κ3) is 8.80. The van der Waals surface area contributed by atoms with Gasteiger partial charge in [0, 0.05) is 19.1 Å². The minimum atomic E-state index is -4.15. The lowest BCUT2D eigenvalue weighted by atomic mass is 9.96. The van der Waals surface area contributed by atoms with Crippen LogP contribution in [0.2, 0.25) is 0 Å². The molecule has 0 atom stereocenters. The molecule has 0 aromatic heterocycles. The monoisotopic (exact) mass is 308 g/mol. The van der Waals surface area contributed by atoms with Crippen molar-refractivity contribution in [2.24, 2.45) is 4.99 Å². The number of nitrogens with zero attached hydrogens (tertiary/aromatic N) is 2. The molecular formula is C14H27F3N4. The summed E-state index contributed by atoms with van der Waals surface area (Å²) in [7, 11) is 1.46. The van der Waals surface area contributed by atoms with Crippen LogP contribution in [0.5, 0.6) is 0 Å². The number of nitrogens with one attached hydrogen (secondary N) is 2. The Bertz CT molecular complexity index is 312. The van der Waals surface area contributed by atoms with Gasteiger partial charge in [-0.1, -0.05) is 19.3 Å². The van der Waals surface area contributed by atoms with Crippen LogP contribution in [0.15, 0.2) is 4.99 Å². The van der Waals surface area contributed by atoms with Crippen molar-refractivity contribution in [3.05, 3.63) is 0 Å². The maximum absolute atomic E-state index is 12.2. The number of alkyl halides is 3. The Labute approximate surface area is 125 Å². The Morgan fingerprint density at radius 2 is 1.90 bits per heavy atom. The van der Waals surface area contributed by atoms with Gasteiger partial charge in [-0.05, 0) is 26.8 Å².